The highest BCUT2D eigenvalue weighted by atomic mass is 19.1. The largest absolute Gasteiger partial charge is 0.369 e. The fourth-order valence-electron chi connectivity index (χ4n) is 2.64. The zero-order valence-corrected chi connectivity index (χ0v) is 13.0. The van der Waals surface area contributed by atoms with Crippen LogP contribution in [0, 0.1) is 17.6 Å². The van der Waals surface area contributed by atoms with Gasteiger partial charge in [0.2, 0.25) is 5.91 Å². The van der Waals surface area contributed by atoms with Crippen LogP contribution < -0.4 is 5.73 Å². The molecular weight excluding hydrogens is 302 g/mol. The summed E-state index contributed by atoms with van der Waals surface area (Å²) >= 11 is 0. The lowest BCUT2D eigenvalue weighted by molar-refractivity contribution is -0.120. The lowest BCUT2D eigenvalue weighted by Gasteiger charge is -2.12. The Labute approximate surface area is 132 Å². The molecule has 1 aliphatic rings. The van der Waals surface area contributed by atoms with Crippen LogP contribution in [0.15, 0.2) is 18.2 Å². The predicted molar refractivity (Wildman–Crippen MR) is 79.9 cm³/mol. The molecule has 2 aromatic rings. The number of benzene rings is 1. The lowest BCUT2D eigenvalue weighted by atomic mass is 10.1. The molecule has 1 aliphatic carbocycles. The number of aromatic nitrogens is 3. The van der Waals surface area contributed by atoms with Crippen LogP contribution in [0.3, 0.4) is 0 Å². The molecule has 0 radical (unpaired) electrons. The second kappa shape index (κ2) is 5.40. The van der Waals surface area contributed by atoms with Crippen molar-refractivity contribution in [3.05, 3.63) is 41.5 Å². The second-order valence-electron chi connectivity index (χ2n) is 6.40. The molecule has 1 amide bonds. The minimum Gasteiger partial charge on any atom is -0.369 e. The van der Waals surface area contributed by atoms with Crippen molar-refractivity contribution in [2.45, 2.75) is 38.5 Å². The third-order valence-electron chi connectivity index (χ3n) is 4.03. The Morgan fingerprint density at radius 1 is 1.39 bits per heavy atom. The Hall–Kier alpha value is -2.31. The van der Waals surface area contributed by atoms with Gasteiger partial charge in [-0.1, -0.05) is 13.8 Å². The van der Waals surface area contributed by atoms with Gasteiger partial charge in [0.1, 0.15) is 28.6 Å². The minimum absolute atomic E-state index is 0.0602. The molecule has 1 aromatic heterocycles. The number of carbonyl (C=O) groups is 1. The van der Waals surface area contributed by atoms with Gasteiger partial charge in [0.05, 0.1) is 0 Å². The molecule has 1 saturated carbocycles. The Bertz CT molecular complexity index is 765. The van der Waals surface area contributed by atoms with E-state index in [0.29, 0.717) is 36.8 Å². The fraction of sp³-hybridized carbons (Fsp3) is 0.438. The molecule has 1 heterocycles. The second-order valence-corrected chi connectivity index (χ2v) is 6.40. The Balaban J connectivity index is 2.16. The quantitative estimate of drug-likeness (QED) is 0.918. The topological polar surface area (TPSA) is 73.8 Å². The number of nitrogens with zero attached hydrogens (tertiary/aromatic N) is 3. The van der Waals surface area contributed by atoms with Crippen LogP contribution >= 0.6 is 0 Å². The maximum atomic E-state index is 14.1. The molecule has 0 bridgehead atoms. The van der Waals surface area contributed by atoms with Gasteiger partial charge in [-0.2, -0.15) is 5.10 Å². The molecule has 1 fully saturated rings. The number of hydrogen-bond donors (Lipinski definition) is 1. The Morgan fingerprint density at radius 2 is 2.09 bits per heavy atom. The summed E-state index contributed by atoms with van der Waals surface area (Å²) in [5.74, 6) is -0.652. The van der Waals surface area contributed by atoms with Gasteiger partial charge in [0.15, 0.2) is 5.82 Å². The standard InChI is InChI=1S/C16H18F2N4O/c1-9(2)7-13-20-15(16(5-6-16)14(19)23)22(21-13)12-8-10(17)3-4-11(12)18/h3-4,8-9H,5-7H2,1-2H3,(H2,19,23). The van der Waals surface area contributed by atoms with E-state index in [0.717, 1.165) is 18.2 Å². The van der Waals surface area contributed by atoms with Crippen molar-refractivity contribution >= 4 is 5.91 Å². The van der Waals surface area contributed by atoms with Crippen molar-refractivity contribution in [1.29, 1.82) is 0 Å². The van der Waals surface area contributed by atoms with E-state index in [2.05, 4.69) is 10.1 Å². The number of halogens is 2. The van der Waals surface area contributed by atoms with Gasteiger partial charge in [-0.15, -0.1) is 0 Å². The number of rotatable bonds is 5. The third-order valence-corrected chi connectivity index (χ3v) is 4.03. The van der Waals surface area contributed by atoms with Crippen molar-refractivity contribution in [2.24, 2.45) is 11.7 Å². The van der Waals surface area contributed by atoms with E-state index in [1.807, 2.05) is 13.8 Å². The van der Waals surface area contributed by atoms with E-state index in [-0.39, 0.29) is 5.69 Å². The van der Waals surface area contributed by atoms with Crippen LogP contribution in [0.2, 0.25) is 0 Å². The summed E-state index contributed by atoms with van der Waals surface area (Å²) in [5, 5.41) is 4.30. The summed E-state index contributed by atoms with van der Waals surface area (Å²) in [6, 6.07) is 3.11. The van der Waals surface area contributed by atoms with Crippen molar-refractivity contribution < 1.29 is 13.6 Å². The van der Waals surface area contributed by atoms with Crippen LogP contribution in [-0.4, -0.2) is 20.7 Å². The first kappa shape index (κ1) is 15.6. The van der Waals surface area contributed by atoms with Crippen molar-refractivity contribution in [1.82, 2.24) is 14.8 Å². The monoisotopic (exact) mass is 320 g/mol. The molecular formula is C16H18F2N4O. The highest BCUT2D eigenvalue weighted by Crippen LogP contribution is 2.47. The fourth-order valence-corrected chi connectivity index (χ4v) is 2.64. The van der Waals surface area contributed by atoms with Gasteiger partial charge < -0.3 is 5.73 Å². The molecule has 3 rings (SSSR count). The van der Waals surface area contributed by atoms with Crippen LogP contribution in [0.25, 0.3) is 5.69 Å². The maximum Gasteiger partial charge on any atom is 0.231 e. The summed E-state index contributed by atoms with van der Waals surface area (Å²) < 4.78 is 28.9. The van der Waals surface area contributed by atoms with E-state index in [9.17, 15) is 13.6 Å². The van der Waals surface area contributed by atoms with Gasteiger partial charge in [0.25, 0.3) is 0 Å². The normalized spacial score (nSPS) is 15.9. The average Bonchev–Trinajstić information content (AvgIpc) is 3.18. The van der Waals surface area contributed by atoms with Gasteiger partial charge in [-0.25, -0.2) is 18.4 Å². The molecule has 0 spiro atoms. The summed E-state index contributed by atoms with van der Waals surface area (Å²) in [6.07, 6.45) is 1.66. The van der Waals surface area contributed by atoms with E-state index < -0.39 is 23.0 Å². The molecule has 1 aromatic carbocycles. The highest BCUT2D eigenvalue weighted by Gasteiger charge is 2.54. The first-order chi connectivity index (χ1) is 10.8. The molecule has 2 N–H and O–H groups in total. The molecule has 7 heteroatoms. The number of carbonyl (C=O) groups excluding carboxylic acids is 1. The molecule has 0 aliphatic heterocycles. The van der Waals surface area contributed by atoms with Crippen molar-refractivity contribution in [2.75, 3.05) is 0 Å². The van der Waals surface area contributed by atoms with Crippen LogP contribution in [-0.2, 0) is 16.6 Å². The van der Waals surface area contributed by atoms with Gasteiger partial charge in [-0.3, -0.25) is 4.79 Å². The molecule has 5 nitrogen and oxygen atoms in total. The number of primary amides is 1. The van der Waals surface area contributed by atoms with Gasteiger partial charge in [0, 0.05) is 12.5 Å². The molecule has 0 atom stereocenters. The van der Waals surface area contributed by atoms with Crippen LogP contribution in [0.4, 0.5) is 8.78 Å². The van der Waals surface area contributed by atoms with Crippen molar-refractivity contribution in [3.63, 3.8) is 0 Å². The zero-order chi connectivity index (χ0) is 16.8. The highest BCUT2D eigenvalue weighted by molar-refractivity contribution is 5.89. The Morgan fingerprint density at radius 3 is 2.65 bits per heavy atom. The SMILES string of the molecule is CC(C)Cc1nc(C2(C(N)=O)CC2)n(-c2cc(F)ccc2F)n1. The number of hydrogen-bond acceptors (Lipinski definition) is 3. The molecule has 0 unspecified atom stereocenters. The van der Waals surface area contributed by atoms with E-state index in [4.69, 9.17) is 5.73 Å². The first-order valence-electron chi connectivity index (χ1n) is 7.55. The summed E-state index contributed by atoms with van der Waals surface area (Å²) in [6.45, 7) is 4.01. The van der Waals surface area contributed by atoms with Crippen molar-refractivity contribution in [3.8, 4) is 5.69 Å². The first-order valence-corrected chi connectivity index (χ1v) is 7.55. The third kappa shape index (κ3) is 2.71. The van der Waals surface area contributed by atoms with Gasteiger partial charge in [-0.05, 0) is 30.9 Å². The summed E-state index contributed by atoms with van der Waals surface area (Å²) in [7, 11) is 0. The molecule has 23 heavy (non-hydrogen) atoms. The van der Waals surface area contributed by atoms with Crippen LogP contribution in [0.1, 0.15) is 38.3 Å². The maximum absolute atomic E-state index is 14.1. The summed E-state index contributed by atoms with van der Waals surface area (Å²) in [5.41, 5.74) is 4.51. The lowest BCUT2D eigenvalue weighted by Crippen LogP contribution is -2.31. The van der Waals surface area contributed by atoms with E-state index in [1.165, 1.54) is 4.68 Å². The van der Waals surface area contributed by atoms with E-state index >= 15 is 0 Å². The smallest absolute Gasteiger partial charge is 0.231 e. The minimum atomic E-state index is -0.930. The number of nitrogens with two attached hydrogens (primary N) is 1. The number of amides is 1. The van der Waals surface area contributed by atoms with E-state index in [1.54, 1.807) is 0 Å². The molecule has 122 valence electrons. The predicted octanol–water partition coefficient (Wildman–Crippen LogP) is 2.26. The summed E-state index contributed by atoms with van der Waals surface area (Å²) in [4.78, 5) is 16.2. The molecule has 0 saturated heterocycles. The Kier molecular flexibility index (Phi) is 3.66. The van der Waals surface area contributed by atoms with Crippen LogP contribution in [0.5, 0.6) is 0 Å². The zero-order valence-electron chi connectivity index (χ0n) is 13.0. The average molecular weight is 320 g/mol. The van der Waals surface area contributed by atoms with Gasteiger partial charge >= 0.3 is 0 Å².